The van der Waals surface area contributed by atoms with E-state index in [4.69, 9.17) is 4.74 Å². The lowest BCUT2D eigenvalue weighted by Crippen LogP contribution is -2.28. The van der Waals surface area contributed by atoms with E-state index in [-0.39, 0.29) is 11.9 Å². The number of nitrogens with one attached hydrogen (secondary N) is 1. The molecule has 82 valence electrons. The maximum atomic E-state index is 13.6. The van der Waals surface area contributed by atoms with Gasteiger partial charge in [-0.25, -0.2) is 4.39 Å². The van der Waals surface area contributed by atoms with Crippen molar-refractivity contribution in [3.8, 4) is 0 Å². The van der Waals surface area contributed by atoms with Crippen molar-refractivity contribution in [2.75, 3.05) is 19.7 Å². The van der Waals surface area contributed by atoms with Crippen LogP contribution < -0.4 is 5.32 Å². The zero-order chi connectivity index (χ0) is 10.7. The van der Waals surface area contributed by atoms with E-state index >= 15 is 0 Å². The van der Waals surface area contributed by atoms with Gasteiger partial charge < -0.3 is 10.1 Å². The second-order valence-electron chi connectivity index (χ2n) is 3.73. The predicted octanol–water partition coefficient (Wildman–Crippen LogP) is 2.05. The van der Waals surface area contributed by atoms with Gasteiger partial charge in [-0.1, -0.05) is 19.1 Å². The van der Waals surface area contributed by atoms with Gasteiger partial charge in [0.05, 0.1) is 12.7 Å². The minimum atomic E-state index is -0.143. The lowest BCUT2D eigenvalue weighted by Gasteiger charge is -2.26. The molecular weight excluding hydrogens is 193 g/mol. The van der Waals surface area contributed by atoms with Crippen molar-refractivity contribution in [1.82, 2.24) is 5.32 Å². The van der Waals surface area contributed by atoms with Gasteiger partial charge in [-0.05, 0) is 24.6 Å². The SMILES string of the molecule is CCNCC1OCCc2cccc(F)c21. The molecule has 15 heavy (non-hydrogen) atoms. The van der Waals surface area contributed by atoms with Crippen LogP contribution in [-0.4, -0.2) is 19.7 Å². The second-order valence-corrected chi connectivity index (χ2v) is 3.73. The summed E-state index contributed by atoms with van der Waals surface area (Å²) in [5, 5.41) is 3.19. The van der Waals surface area contributed by atoms with E-state index in [0.29, 0.717) is 13.2 Å². The van der Waals surface area contributed by atoms with E-state index in [0.717, 1.165) is 24.1 Å². The maximum absolute atomic E-state index is 13.6. The number of rotatable bonds is 3. The van der Waals surface area contributed by atoms with E-state index in [2.05, 4.69) is 5.32 Å². The molecule has 1 aliphatic rings. The third-order valence-corrected chi connectivity index (χ3v) is 2.74. The number of fused-ring (bicyclic) bond motifs is 1. The average molecular weight is 209 g/mol. The van der Waals surface area contributed by atoms with Gasteiger partial charge in [0.25, 0.3) is 0 Å². The molecule has 1 N–H and O–H groups in total. The van der Waals surface area contributed by atoms with Gasteiger partial charge in [-0.2, -0.15) is 0 Å². The van der Waals surface area contributed by atoms with Crippen molar-refractivity contribution >= 4 is 0 Å². The fraction of sp³-hybridized carbons (Fsp3) is 0.500. The van der Waals surface area contributed by atoms with Gasteiger partial charge in [0.15, 0.2) is 0 Å². The molecule has 2 rings (SSSR count). The lowest BCUT2D eigenvalue weighted by molar-refractivity contribution is 0.0401. The Bertz CT molecular complexity index is 340. The predicted molar refractivity (Wildman–Crippen MR) is 57.3 cm³/mol. The fourth-order valence-corrected chi connectivity index (χ4v) is 1.99. The molecule has 3 heteroatoms. The molecule has 0 amide bonds. The number of hydrogen-bond donors (Lipinski definition) is 1. The van der Waals surface area contributed by atoms with Gasteiger partial charge in [0.1, 0.15) is 5.82 Å². The van der Waals surface area contributed by atoms with Crippen molar-refractivity contribution in [2.45, 2.75) is 19.4 Å². The highest BCUT2D eigenvalue weighted by atomic mass is 19.1. The molecule has 0 spiro atoms. The van der Waals surface area contributed by atoms with Crippen LogP contribution >= 0.6 is 0 Å². The number of likely N-dealkylation sites (N-methyl/N-ethyl adjacent to an activating group) is 1. The van der Waals surface area contributed by atoms with Crippen LogP contribution in [0.3, 0.4) is 0 Å². The molecule has 0 radical (unpaired) electrons. The molecule has 0 aromatic heterocycles. The molecule has 2 nitrogen and oxygen atoms in total. The molecule has 1 unspecified atom stereocenters. The summed E-state index contributed by atoms with van der Waals surface area (Å²) in [5.41, 5.74) is 1.83. The monoisotopic (exact) mass is 209 g/mol. The van der Waals surface area contributed by atoms with Crippen molar-refractivity contribution in [1.29, 1.82) is 0 Å². The molecule has 0 bridgehead atoms. The highest BCUT2D eigenvalue weighted by Crippen LogP contribution is 2.28. The van der Waals surface area contributed by atoms with Crippen LogP contribution in [0.1, 0.15) is 24.2 Å². The van der Waals surface area contributed by atoms with Gasteiger partial charge >= 0.3 is 0 Å². The van der Waals surface area contributed by atoms with E-state index in [1.54, 1.807) is 6.07 Å². The Kier molecular flexibility index (Phi) is 3.34. The number of ether oxygens (including phenoxy) is 1. The van der Waals surface area contributed by atoms with Crippen LogP contribution in [0.25, 0.3) is 0 Å². The quantitative estimate of drug-likeness (QED) is 0.822. The summed E-state index contributed by atoms with van der Waals surface area (Å²) in [6.45, 7) is 4.28. The third kappa shape index (κ3) is 2.19. The molecule has 1 aromatic carbocycles. The second kappa shape index (κ2) is 4.73. The number of hydrogen-bond acceptors (Lipinski definition) is 2. The topological polar surface area (TPSA) is 21.3 Å². The van der Waals surface area contributed by atoms with Crippen molar-refractivity contribution in [3.05, 3.63) is 35.1 Å². The summed E-state index contributed by atoms with van der Waals surface area (Å²) >= 11 is 0. The molecule has 1 atom stereocenters. The lowest BCUT2D eigenvalue weighted by atomic mass is 9.97. The summed E-state index contributed by atoms with van der Waals surface area (Å²) in [7, 11) is 0. The Hall–Kier alpha value is -0.930. The highest BCUT2D eigenvalue weighted by molar-refractivity contribution is 5.32. The Morgan fingerprint density at radius 3 is 3.20 bits per heavy atom. The zero-order valence-corrected chi connectivity index (χ0v) is 8.92. The van der Waals surface area contributed by atoms with Crippen LogP contribution in [0.2, 0.25) is 0 Å². The minimum absolute atomic E-state index is 0.130. The molecule has 1 aromatic rings. The normalized spacial score (nSPS) is 20.0. The van der Waals surface area contributed by atoms with Crippen LogP contribution in [0.15, 0.2) is 18.2 Å². The summed E-state index contributed by atoms with van der Waals surface area (Å²) in [6, 6.07) is 5.26. The van der Waals surface area contributed by atoms with Crippen molar-refractivity contribution in [2.24, 2.45) is 0 Å². The van der Waals surface area contributed by atoms with E-state index in [9.17, 15) is 4.39 Å². The van der Waals surface area contributed by atoms with Crippen LogP contribution in [-0.2, 0) is 11.2 Å². The van der Waals surface area contributed by atoms with Crippen LogP contribution in [0.4, 0.5) is 4.39 Å². The summed E-state index contributed by atoms with van der Waals surface area (Å²) in [6.07, 6.45) is 0.685. The van der Waals surface area contributed by atoms with Crippen molar-refractivity contribution < 1.29 is 9.13 Å². The molecule has 1 heterocycles. The number of halogens is 1. The Morgan fingerprint density at radius 1 is 1.53 bits per heavy atom. The Morgan fingerprint density at radius 2 is 2.40 bits per heavy atom. The molecular formula is C12H16FNO. The van der Waals surface area contributed by atoms with E-state index in [1.807, 2.05) is 13.0 Å². The fourth-order valence-electron chi connectivity index (χ4n) is 1.99. The van der Waals surface area contributed by atoms with Gasteiger partial charge in [0, 0.05) is 12.1 Å². The molecule has 0 aliphatic carbocycles. The van der Waals surface area contributed by atoms with Gasteiger partial charge in [-0.3, -0.25) is 0 Å². The first-order valence-electron chi connectivity index (χ1n) is 5.42. The molecule has 0 saturated heterocycles. The standard InChI is InChI=1S/C12H16FNO/c1-2-14-8-11-12-9(6-7-15-11)4-3-5-10(12)13/h3-5,11,14H,2,6-8H2,1H3. The number of benzene rings is 1. The first-order chi connectivity index (χ1) is 7.33. The summed E-state index contributed by atoms with van der Waals surface area (Å²) < 4.78 is 19.2. The first-order valence-corrected chi connectivity index (χ1v) is 5.42. The summed E-state index contributed by atoms with van der Waals surface area (Å²) in [5.74, 6) is -0.143. The van der Waals surface area contributed by atoms with Crippen molar-refractivity contribution in [3.63, 3.8) is 0 Å². The van der Waals surface area contributed by atoms with E-state index < -0.39 is 0 Å². The molecule has 0 fully saturated rings. The van der Waals surface area contributed by atoms with Gasteiger partial charge in [0.2, 0.25) is 0 Å². The Balaban J connectivity index is 2.24. The summed E-state index contributed by atoms with van der Waals surface area (Å²) in [4.78, 5) is 0. The third-order valence-electron chi connectivity index (χ3n) is 2.74. The Labute approximate surface area is 89.4 Å². The largest absolute Gasteiger partial charge is 0.372 e. The molecule has 1 aliphatic heterocycles. The van der Waals surface area contributed by atoms with E-state index in [1.165, 1.54) is 6.07 Å². The van der Waals surface area contributed by atoms with Crippen LogP contribution in [0, 0.1) is 5.82 Å². The zero-order valence-electron chi connectivity index (χ0n) is 8.92. The minimum Gasteiger partial charge on any atom is -0.372 e. The first kappa shape index (κ1) is 10.6. The average Bonchev–Trinajstić information content (AvgIpc) is 2.26. The molecule has 0 saturated carbocycles. The highest BCUT2D eigenvalue weighted by Gasteiger charge is 2.23. The van der Waals surface area contributed by atoms with Crippen LogP contribution in [0.5, 0.6) is 0 Å². The van der Waals surface area contributed by atoms with Gasteiger partial charge in [-0.15, -0.1) is 0 Å². The maximum Gasteiger partial charge on any atom is 0.129 e. The smallest absolute Gasteiger partial charge is 0.129 e.